The van der Waals surface area contributed by atoms with E-state index in [0.29, 0.717) is 0 Å². The van der Waals surface area contributed by atoms with Gasteiger partial charge in [0.2, 0.25) is 5.82 Å². The summed E-state index contributed by atoms with van der Waals surface area (Å²) in [7, 11) is 0. The zero-order valence-corrected chi connectivity index (χ0v) is 10.3. The van der Waals surface area contributed by atoms with Gasteiger partial charge in [-0.2, -0.15) is 0 Å². The molecule has 0 aliphatic rings. The number of aromatic amines is 1. The Morgan fingerprint density at radius 2 is 2.29 bits per heavy atom. The van der Waals surface area contributed by atoms with Crippen LogP contribution in [0.4, 0.5) is 0 Å². The van der Waals surface area contributed by atoms with Crippen molar-refractivity contribution in [1.82, 2.24) is 20.5 Å². The lowest BCUT2D eigenvalue weighted by molar-refractivity contribution is 0.0934. The first kappa shape index (κ1) is 13.2. The minimum atomic E-state index is -0.319. The van der Waals surface area contributed by atoms with E-state index >= 15 is 0 Å². The molecule has 0 spiro atoms. The van der Waals surface area contributed by atoms with Gasteiger partial charge in [-0.05, 0) is 12.8 Å². The molecular formula is C12H18N4O. The molecule has 92 valence electrons. The average Bonchev–Trinajstić information content (AvgIpc) is 2.77. The zero-order valence-electron chi connectivity index (χ0n) is 10.3. The summed E-state index contributed by atoms with van der Waals surface area (Å²) >= 11 is 0. The van der Waals surface area contributed by atoms with Crippen molar-refractivity contribution in [2.24, 2.45) is 0 Å². The molecule has 5 nitrogen and oxygen atoms in total. The molecule has 0 aliphatic heterocycles. The predicted molar refractivity (Wildman–Crippen MR) is 65.4 cm³/mol. The van der Waals surface area contributed by atoms with Gasteiger partial charge in [0.05, 0.1) is 6.04 Å². The van der Waals surface area contributed by atoms with E-state index in [1.54, 1.807) is 0 Å². The molecular weight excluding hydrogens is 216 g/mol. The summed E-state index contributed by atoms with van der Waals surface area (Å²) in [6, 6.07) is -0.249. The largest absolute Gasteiger partial charge is 0.336 e. The van der Waals surface area contributed by atoms with Gasteiger partial charge in [-0.15, -0.1) is 11.5 Å². The first-order valence-electron chi connectivity index (χ1n) is 5.89. The van der Waals surface area contributed by atoms with Gasteiger partial charge >= 0.3 is 0 Å². The van der Waals surface area contributed by atoms with Gasteiger partial charge in [0, 0.05) is 6.42 Å². The molecule has 1 rings (SSSR count). The van der Waals surface area contributed by atoms with Gasteiger partial charge in [-0.25, -0.2) is 4.98 Å². The fraction of sp³-hybridized carbons (Fsp3) is 0.583. The lowest BCUT2D eigenvalue weighted by Gasteiger charge is -2.09. The van der Waals surface area contributed by atoms with E-state index in [2.05, 4.69) is 26.4 Å². The Kier molecular flexibility index (Phi) is 5.21. The van der Waals surface area contributed by atoms with Gasteiger partial charge in [0.15, 0.2) is 0 Å². The maximum Gasteiger partial charge on any atom is 0.291 e. The SMILES string of the molecule is C#CC(CCC)NC(=O)c1n[nH]c(CCC)n1. The highest BCUT2D eigenvalue weighted by Crippen LogP contribution is 1.99. The quantitative estimate of drug-likeness (QED) is 0.729. The van der Waals surface area contributed by atoms with Crippen molar-refractivity contribution in [3.63, 3.8) is 0 Å². The van der Waals surface area contributed by atoms with Gasteiger partial charge in [-0.1, -0.05) is 26.2 Å². The number of carbonyl (C=O) groups is 1. The molecule has 0 saturated carbocycles. The second kappa shape index (κ2) is 6.69. The van der Waals surface area contributed by atoms with Crippen LogP contribution >= 0.6 is 0 Å². The lowest BCUT2D eigenvalue weighted by Crippen LogP contribution is -2.34. The Hall–Kier alpha value is -1.83. The Morgan fingerprint density at radius 1 is 1.53 bits per heavy atom. The topological polar surface area (TPSA) is 70.7 Å². The van der Waals surface area contributed by atoms with Crippen LogP contribution in [0, 0.1) is 12.3 Å². The number of rotatable bonds is 6. The third-order valence-corrected chi connectivity index (χ3v) is 2.31. The molecule has 0 bridgehead atoms. The molecule has 1 aromatic heterocycles. The van der Waals surface area contributed by atoms with E-state index in [0.717, 1.165) is 31.5 Å². The molecule has 1 amide bonds. The minimum Gasteiger partial charge on any atom is -0.336 e. The van der Waals surface area contributed by atoms with Crippen molar-refractivity contribution in [2.75, 3.05) is 0 Å². The van der Waals surface area contributed by atoms with Crippen LogP contribution in [0.25, 0.3) is 0 Å². The lowest BCUT2D eigenvalue weighted by atomic mass is 10.2. The fourth-order valence-corrected chi connectivity index (χ4v) is 1.45. The maximum absolute atomic E-state index is 11.8. The second-order valence-corrected chi connectivity index (χ2v) is 3.84. The van der Waals surface area contributed by atoms with Gasteiger partial charge in [0.25, 0.3) is 5.91 Å². The van der Waals surface area contributed by atoms with Crippen molar-refractivity contribution in [1.29, 1.82) is 0 Å². The first-order chi connectivity index (χ1) is 8.21. The van der Waals surface area contributed by atoms with Gasteiger partial charge < -0.3 is 5.32 Å². The summed E-state index contributed by atoms with van der Waals surface area (Å²) < 4.78 is 0. The van der Waals surface area contributed by atoms with Crippen LogP contribution in [0.3, 0.4) is 0 Å². The third kappa shape index (κ3) is 3.91. The number of amides is 1. The molecule has 0 radical (unpaired) electrons. The highest BCUT2D eigenvalue weighted by Gasteiger charge is 2.15. The molecule has 2 N–H and O–H groups in total. The van der Waals surface area contributed by atoms with Crippen molar-refractivity contribution < 1.29 is 4.79 Å². The smallest absolute Gasteiger partial charge is 0.291 e. The monoisotopic (exact) mass is 234 g/mol. The molecule has 17 heavy (non-hydrogen) atoms. The summed E-state index contributed by atoms with van der Waals surface area (Å²) in [6.07, 6.45) is 8.75. The highest BCUT2D eigenvalue weighted by atomic mass is 16.2. The molecule has 1 aromatic rings. The fourth-order valence-electron chi connectivity index (χ4n) is 1.45. The van der Waals surface area contributed by atoms with Gasteiger partial charge in [0.1, 0.15) is 5.82 Å². The predicted octanol–water partition coefficient (Wildman–Crippen LogP) is 1.29. The van der Waals surface area contributed by atoms with Crippen LogP contribution in [0.2, 0.25) is 0 Å². The number of carbonyl (C=O) groups excluding carboxylic acids is 1. The van der Waals surface area contributed by atoms with E-state index in [4.69, 9.17) is 6.42 Å². The first-order valence-corrected chi connectivity index (χ1v) is 5.89. The van der Waals surface area contributed by atoms with Crippen LogP contribution < -0.4 is 5.32 Å². The van der Waals surface area contributed by atoms with Crippen molar-refractivity contribution in [3.05, 3.63) is 11.6 Å². The summed E-state index contributed by atoms with van der Waals surface area (Å²) in [5.41, 5.74) is 0. The molecule has 1 heterocycles. The van der Waals surface area contributed by atoms with E-state index < -0.39 is 0 Å². The van der Waals surface area contributed by atoms with E-state index in [1.165, 1.54) is 0 Å². The van der Waals surface area contributed by atoms with Gasteiger partial charge in [-0.3, -0.25) is 9.89 Å². The van der Waals surface area contributed by atoms with Crippen molar-refractivity contribution >= 4 is 5.91 Å². The number of aryl methyl sites for hydroxylation is 1. The number of hydrogen-bond acceptors (Lipinski definition) is 3. The van der Waals surface area contributed by atoms with Crippen LogP contribution in [0.1, 0.15) is 49.6 Å². The Labute approximate surface area is 101 Å². The van der Waals surface area contributed by atoms with Crippen molar-refractivity contribution in [2.45, 2.75) is 45.6 Å². The molecule has 5 heteroatoms. The summed E-state index contributed by atoms with van der Waals surface area (Å²) in [5, 5.41) is 9.32. The summed E-state index contributed by atoms with van der Waals surface area (Å²) in [4.78, 5) is 15.9. The average molecular weight is 234 g/mol. The third-order valence-electron chi connectivity index (χ3n) is 2.31. The Morgan fingerprint density at radius 3 is 2.88 bits per heavy atom. The van der Waals surface area contributed by atoms with E-state index in [1.807, 2.05) is 13.8 Å². The number of nitrogens with zero attached hydrogens (tertiary/aromatic N) is 2. The molecule has 1 atom stereocenters. The van der Waals surface area contributed by atoms with Crippen LogP contribution in [-0.2, 0) is 6.42 Å². The number of hydrogen-bond donors (Lipinski definition) is 2. The number of aromatic nitrogens is 3. The Bertz CT molecular complexity index is 405. The molecule has 0 fully saturated rings. The van der Waals surface area contributed by atoms with Crippen molar-refractivity contribution in [3.8, 4) is 12.3 Å². The molecule has 0 aliphatic carbocycles. The normalized spacial score (nSPS) is 11.8. The second-order valence-electron chi connectivity index (χ2n) is 3.84. The highest BCUT2D eigenvalue weighted by molar-refractivity contribution is 5.90. The summed E-state index contributed by atoms with van der Waals surface area (Å²) in [6.45, 7) is 4.06. The molecule has 1 unspecified atom stereocenters. The van der Waals surface area contributed by atoms with E-state index in [-0.39, 0.29) is 17.8 Å². The number of nitrogens with one attached hydrogen (secondary N) is 2. The number of H-pyrrole nitrogens is 1. The van der Waals surface area contributed by atoms with Crippen LogP contribution in [0.15, 0.2) is 0 Å². The minimum absolute atomic E-state index is 0.157. The Balaban J connectivity index is 2.59. The van der Waals surface area contributed by atoms with E-state index in [9.17, 15) is 4.79 Å². The standard InChI is InChI=1S/C12H18N4O/c1-4-7-9(6-3)13-12(17)11-14-10(8-5-2)15-16-11/h3,9H,4-5,7-8H2,1-2H3,(H,13,17)(H,14,15,16). The number of terminal acetylenes is 1. The maximum atomic E-state index is 11.8. The zero-order chi connectivity index (χ0) is 12.7. The summed E-state index contributed by atoms with van der Waals surface area (Å²) in [5.74, 6) is 3.10. The molecule has 0 aromatic carbocycles. The van der Waals surface area contributed by atoms with Crippen LogP contribution in [0.5, 0.6) is 0 Å². The molecule has 0 saturated heterocycles. The van der Waals surface area contributed by atoms with Crippen LogP contribution in [-0.4, -0.2) is 27.1 Å².